The summed E-state index contributed by atoms with van der Waals surface area (Å²) in [6.45, 7) is 1.48. The van der Waals surface area contributed by atoms with E-state index in [1.807, 2.05) is 37.4 Å². The Morgan fingerprint density at radius 2 is 2.00 bits per heavy atom. The van der Waals surface area contributed by atoms with Crippen LogP contribution >= 0.6 is 0 Å². The Labute approximate surface area is 89.3 Å². The highest BCUT2D eigenvalue weighted by Gasteiger charge is 2.36. The minimum Gasteiger partial charge on any atom is -0.481 e. The first kappa shape index (κ1) is 10.2. The molecule has 0 aromatic heterocycles. The Morgan fingerprint density at radius 1 is 1.33 bits per heavy atom. The van der Waals surface area contributed by atoms with Crippen molar-refractivity contribution in [1.29, 1.82) is 0 Å². The predicted molar refractivity (Wildman–Crippen MR) is 57.8 cm³/mol. The van der Waals surface area contributed by atoms with Crippen molar-refractivity contribution in [1.82, 2.24) is 4.90 Å². The van der Waals surface area contributed by atoms with Gasteiger partial charge in [0.15, 0.2) is 0 Å². The summed E-state index contributed by atoms with van der Waals surface area (Å²) in [4.78, 5) is 13.2. The Hall–Kier alpha value is -1.35. The summed E-state index contributed by atoms with van der Waals surface area (Å²) in [6.07, 6.45) is 0. The van der Waals surface area contributed by atoms with Gasteiger partial charge < -0.3 is 10.0 Å². The highest BCUT2D eigenvalue weighted by molar-refractivity contribution is 5.72. The molecule has 0 spiro atoms. The van der Waals surface area contributed by atoms with Crippen LogP contribution in [0.5, 0.6) is 0 Å². The van der Waals surface area contributed by atoms with Crippen LogP contribution in [0.1, 0.15) is 11.5 Å². The maximum Gasteiger partial charge on any atom is 0.308 e. The molecule has 1 aliphatic rings. The van der Waals surface area contributed by atoms with Crippen molar-refractivity contribution in [2.45, 2.75) is 5.92 Å². The van der Waals surface area contributed by atoms with Gasteiger partial charge in [0.1, 0.15) is 0 Å². The standard InChI is InChI=1S/C12H15NO2/c1-13-7-10(11(8-13)12(14)15)9-5-3-2-4-6-9/h2-6,10-11H,7-8H2,1H3,(H,14,15)/t10-,11-/m0/s1. The lowest BCUT2D eigenvalue weighted by Crippen LogP contribution is -2.21. The lowest BCUT2D eigenvalue weighted by Gasteiger charge is -2.14. The molecule has 80 valence electrons. The third kappa shape index (κ3) is 2.02. The molecule has 0 unspecified atom stereocenters. The van der Waals surface area contributed by atoms with E-state index in [2.05, 4.69) is 4.90 Å². The molecule has 1 fully saturated rings. The molecule has 1 aromatic carbocycles. The number of rotatable bonds is 2. The van der Waals surface area contributed by atoms with Crippen LogP contribution in [0.25, 0.3) is 0 Å². The van der Waals surface area contributed by atoms with Gasteiger partial charge in [-0.25, -0.2) is 0 Å². The molecule has 2 atom stereocenters. The zero-order chi connectivity index (χ0) is 10.8. The first-order valence-corrected chi connectivity index (χ1v) is 5.15. The van der Waals surface area contributed by atoms with Gasteiger partial charge in [-0.15, -0.1) is 0 Å². The van der Waals surface area contributed by atoms with E-state index in [-0.39, 0.29) is 11.8 Å². The zero-order valence-electron chi connectivity index (χ0n) is 8.76. The second kappa shape index (κ2) is 4.03. The van der Waals surface area contributed by atoms with Crippen molar-refractivity contribution in [3.63, 3.8) is 0 Å². The van der Waals surface area contributed by atoms with Gasteiger partial charge in [-0.2, -0.15) is 0 Å². The van der Waals surface area contributed by atoms with Gasteiger partial charge in [0.05, 0.1) is 5.92 Å². The van der Waals surface area contributed by atoms with E-state index < -0.39 is 5.97 Å². The molecule has 0 bridgehead atoms. The number of hydrogen-bond donors (Lipinski definition) is 1. The van der Waals surface area contributed by atoms with E-state index in [1.54, 1.807) is 0 Å². The van der Waals surface area contributed by atoms with E-state index in [1.165, 1.54) is 0 Å². The first-order valence-electron chi connectivity index (χ1n) is 5.15. The predicted octanol–water partition coefficient (Wildman–Crippen LogP) is 1.42. The highest BCUT2D eigenvalue weighted by Crippen LogP contribution is 2.31. The molecular weight excluding hydrogens is 190 g/mol. The number of likely N-dealkylation sites (N-methyl/N-ethyl adjacent to an activating group) is 1. The van der Waals surface area contributed by atoms with E-state index in [9.17, 15) is 4.79 Å². The third-order valence-corrected chi connectivity index (χ3v) is 3.05. The third-order valence-electron chi connectivity index (χ3n) is 3.05. The van der Waals surface area contributed by atoms with Crippen LogP contribution in [0.4, 0.5) is 0 Å². The first-order chi connectivity index (χ1) is 7.18. The van der Waals surface area contributed by atoms with Crippen molar-refractivity contribution in [3.8, 4) is 0 Å². The zero-order valence-corrected chi connectivity index (χ0v) is 8.76. The van der Waals surface area contributed by atoms with Crippen LogP contribution in [-0.4, -0.2) is 36.1 Å². The van der Waals surface area contributed by atoms with Gasteiger partial charge in [0.25, 0.3) is 0 Å². The molecule has 0 amide bonds. The molecule has 1 N–H and O–H groups in total. The molecular formula is C12H15NO2. The number of carboxylic acid groups (broad SMARTS) is 1. The number of carboxylic acids is 1. The Morgan fingerprint density at radius 3 is 2.60 bits per heavy atom. The largest absolute Gasteiger partial charge is 0.481 e. The summed E-state index contributed by atoms with van der Waals surface area (Å²) in [5.74, 6) is -0.820. The number of aliphatic carboxylic acids is 1. The molecule has 1 aromatic rings. The van der Waals surface area contributed by atoms with Crippen molar-refractivity contribution < 1.29 is 9.90 Å². The Kier molecular flexibility index (Phi) is 2.73. The number of likely N-dealkylation sites (tertiary alicyclic amines) is 1. The summed E-state index contributed by atoms with van der Waals surface area (Å²) in [5, 5.41) is 9.14. The summed E-state index contributed by atoms with van der Waals surface area (Å²) in [5.41, 5.74) is 1.13. The van der Waals surface area contributed by atoms with Crippen LogP contribution in [0.2, 0.25) is 0 Å². The van der Waals surface area contributed by atoms with E-state index in [0.29, 0.717) is 6.54 Å². The summed E-state index contributed by atoms with van der Waals surface area (Å²) in [6, 6.07) is 9.91. The maximum atomic E-state index is 11.1. The monoisotopic (exact) mass is 205 g/mol. The SMILES string of the molecule is CN1C[C@H](C(=O)O)[C@H](c2ccccc2)C1. The van der Waals surface area contributed by atoms with E-state index >= 15 is 0 Å². The maximum absolute atomic E-state index is 11.1. The minimum atomic E-state index is -0.687. The number of hydrogen-bond acceptors (Lipinski definition) is 2. The smallest absolute Gasteiger partial charge is 0.308 e. The molecule has 3 heteroatoms. The fourth-order valence-corrected chi connectivity index (χ4v) is 2.29. The van der Waals surface area contributed by atoms with Gasteiger partial charge in [0, 0.05) is 19.0 Å². The molecule has 1 saturated heterocycles. The lowest BCUT2D eigenvalue weighted by atomic mass is 9.89. The molecule has 1 aliphatic heterocycles. The van der Waals surface area contributed by atoms with Crippen LogP contribution < -0.4 is 0 Å². The van der Waals surface area contributed by atoms with Crippen LogP contribution in [0.15, 0.2) is 30.3 Å². The van der Waals surface area contributed by atoms with Gasteiger partial charge >= 0.3 is 5.97 Å². The fraction of sp³-hybridized carbons (Fsp3) is 0.417. The summed E-state index contributed by atoms with van der Waals surface area (Å²) < 4.78 is 0. The highest BCUT2D eigenvalue weighted by atomic mass is 16.4. The lowest BCUT2D eigenvalue weighted by molar-refractivity contribution is -0.141. The Balaban J connectivity index is 2.24. The molecule has 0 saturated carbocycles. The number of carbonyl (C=O) groups is 1. The normalized spacial score (nSPS) is 26.7. The fourth-order valence-electron chi connectivity index (χ4n) is 2.29. The molecule has 0 aliphatic carbocycles. The topological polar surface area (TPSA) is 40.5 Å². The molecule has 0 radical (unpaired) electrons. The quantitative estimate of drug-likeness (QED) is 0.793. The molecule has 2 rings (SSSR count). The number of benzene rings is 1. The average molecular weight is 205 g/mol. The average Bonchev–Trinajstić information content (AvgIpc) is 2.62. The van der Waals surface area contributed by atoms with Crippen molar-refractivity contribution >= 4 is 5.97 Å². The van der Waals surface area contributed by atoms with Crippen LogP contribution in [0.3, 0.4) is 0 Å². The summed E-state index contributed by atoms with van der Waals surface area (Å²) in [7, 11) is 1.97. The van der Waals surface area contributed by atoms with Crippen LogP contribution in [0, 0.1) is 5.92 Å². The van der Waals surface area contributed by atoms with Gasteiger partial charge in [-0.3, -0.25) is 4.79 Å². The second-order valence-electron chi connectivity index (χ2n) is 4.18. The molecule has 15 heavy (non-hydrogen) atoms. The number of nitrogens with zero attached hydrogens (tertiary/aromatic N) is 1. The Bertz CT molecular complexity index is 350. The molecule has 3 nitrogen and oxygen atoms in total. The van der Waals surface area contributed by atoms with Gasteiger partial charge in [-0.1, -0.05) is 30.3 Å². The van der Waals surface area contributed by atoms with E-state index in [4.69, 9.17) is 5.11 Å². The van der Waals surface area contributed by atoms with E-state index in [0.717, 1.165) is 12.1 Å². The second-order valence-corrected chi connectivity index (χ2v) is 4.18. The van der Waals surface area contributed by atoms with Gasteiger partial charge in [0.2, 0.25) is 0 Å². The van der Waals surface area contributed by atoms with Crippen molar-refractivity contribution in [3.05, 3.63) is 35.9 Å². The van der Waals surface area contributed by atoms with Gasteiger partial charge in [-0.05, 0) is 12.6 Å². The minimum absolute atomic E-state index is 0.133. The van der Waals surface area contributed by atoms with Crippen molar-refractivity contribution in [2.24, 2.45) is 5.92 Å². The van der Waals surface area contributed by atoms with Crippen LogP contribution in [-0.2, 0) is 4.79 Å². The van der Waals surface area contributed by atoms with Crippen molar-refractivity contribution in [2.75, 3.05) is 20.1 Å². The molecule has 1 heterocycles. The summed E-state index contributed by atoms with van der Waals surface area (Å²) >= 11 is 0.